The number of pyridine rings is 1. The minimum atomic E-state index is -5.11. The molecule has 0 spiro atoms. The molecule has 3 heterocycles. The molecule has 0 bridgehead atoms. The summed E-state index contributed by atoms with van der Waals surface area (Å²) >= 11 is 0.851. The quantitative estimate of drug-likeness (QED) is 0.553. The third-order valence-electron chi connectivity index (χ3n) is 3.67. The van der Waals surface area contributed by atoms with Crippen molar-refractivity contribution >= 4 is 27.3 Å². The van der Waals surface area contributed by atoms with E-state index in [9.17, 15) is 31.9 Å². The van der Waals surface area contributed by atoms with Crippen LogP contribution in [-0.4, -0.2) is 26.5 Å². The summed E-state index contributed by atoms with van der Waals surface area (Å²) < 4.78 is 51.2. The Labute approximate surface area is 145 Å². The van der Waals surface area contributed by atoms with E-state index in [0.29, 0.717) is 20.6 Å². The molecule has 3 aromatic rings. The maximum Gasteiger partial charge on any atom is 0.451 e. The molecule has 0 aliphatic heterocycles. The van der Waals surface area contributed by atoms with Crippen molar-refractivity contribution in [3.8, 4) is 10.4 Å². The summed E-state index contributed by atoms with van der Waals surface area (Å²) in [4.78, 5) is 41.1. The van der Waals surface area contributed by atoms with Crippen LogP contribution in [0.25, 0.3) is 20.7 Å². The topological polar surface area (TPSA) is 84.8 Å². The molecule has 11 heteroatoms. The van der Waals surface area contributed by atoms with Crippen LogP contribution in [0.2, 0.25) is 0 Å². The number of Topliss-reactive ketones (excluding diaryl/α,β-unsaturated/α-hetero) is 1. The van der Waals surface area contributed by atoms with Gasteiger partial charge < -0.3 is 0 Å². The lowest BCUT2D eigenvalue weighted by Crippen LogP contribution is -2.36. The van der Waals surface area contributed by atoms with Gasteiger partial charge in [0.2, 0.25) is 5.95 Å². The highest BCUT2D eigenvalue weighted by Gasteiger charge is 2.38. The van der Waals surface area contributed by atoms with Gasteiger partial charge in [-0.1, -0.05) is 0 Å². The number of aromatic nitrogens is 3. The van der Waals surface area contributed by atoms with Crippen molar-refractivity contribution in [2.24, 2.45) is 0 Å². The lowest BCUT2D eigenvalue weighted by atomic mass is 10.1. The molecule has 0 aliphatic carbocycles. The van der Waals surface area contributed by atoms with Crippen molar-refractivity contribution in [3.63, 3.8) is 0 Å². The van der Waals surface area contributed by atoms with E-state index in [-0.39, 0.29) is 10.2 Å². The van der Waals surface area contributed by atoms with Crippen LogP contribution in [0.15, 0.2) is 27.9 Å². The summed E-state index contributed by atoms with van der Waals surface area (Å²) in [5.41, 5.74) is -1.10. The Hall–Kier alpha value is -2.82. The molecule has 6 nitrogen and oxygen atoms in total. The number of hydrogen-bond donors (Lipinski definition) is 1. The van der Waals surface area contributed by atoms with Gasteiger partial charge in [0.25, 0.3) is 11.3 Å². The van der Waals surface area contributed by atoms with Gasteiger partial charge in [0.05, 0.1) is 11.9 Å². The number of H-pyrrole nitrogens is 1. The van der Waals surface area contributed by atoms with E-state index in [4.69, 9.17) is 0 Å². The Balaban J connectivity index is 2.26. The zero-order chi connectivity index (χ0) is 19.2. The van der Waals surface area contributed by atoms with E-state index in [2.05, 4.69) is 4.98 Å². The second-order valence-electron chi connectivity index (χ2n) is 5.37. The third kappa shape index (κ3) is 3.05. The van der Waals surface area contributed by atoms with E-state index in [1.54, 1.807) is 0 Å². The minimum Gasteiger partial charge on any atom is -0.288 e. The van der Waals surface area contributed by atoms with Crippen molar-refractivity contribution in [2.75, 3.05) is 0 Å². The van der Waals surface area contributed by atoms with Crippen LogP contribution in [0.4, 0.5) is 17.6 Å². The molecule has 1 N–H and O–H groups in total. The first kappa shape index (κ1) is 18.0. The SMILES string of the molecule is Cc1c(-c2ccc(F)nc2)sc2c1c(=O)[nH]c(=O)n2CC(=O)C(F)(F)F. The highest BCUT2D eigenvalue weighted by Crippen LogP contribution is 2.36. The normalized spacial score (nSPS) is 11.9. The van der Waals surface area contributed by atoms with Gasteiger partial charge >= 0.3 is 11.9 Å². The van der Waals surface area contributed by atoms with Gasteiger partial charge in [0.15, 0.2) is 0 Å². The summed E-state index contributed by atoms with van der Waals surface area (Å²) in [6, 6.07) is 2.47. The molecular weight excluding hydrogens is 378 g/mol. The molecule has 3 rings (SSSR count). The van der Waals surface area contributed by atoms with Crippen molar-refractivity contribution in [3.05, 3.63) is 50.7 Å². The summed E-state index contributed by atoms with van der Waals surface area (Å²) in [5, 5.41) is -0.0103. The first-order valence-corrected chi connectivity index (χ1v) is 7.89. The average Bonchev–Trinajstić information content (AvgIpc) is 2.89. The van der Waals surface area contributed by atoms with E-state index in [1.165, 1.54) is 19.2 Å². The van der Waals surface area contributed by atoms with E-state index < -0.39 is 35.7 Å². The van der Waals surface area contributed by atoms with Gasteiger partial charge in [-0.05, 0) is 24.6 Å². The number of carbonyl (C=O) groups is 1. The lowest BCUT2D eigenvalue weighted by Gasteiger charge is -2.08. The van der Waals surface area contributed by atoms with Crippen LogP contribution < -0.4 is 11.2 Å². The molecule has 136 valence electrons. The Morgan fingerprint density at radius 3 is 2.58 bits per heavy atom. The molecule has 0 unspecified atom stereocenters. The fourth-order valence-electron chi connectivity index (χ4n) is 2.44. The van der Waals surface area contributed by atoms with Crippen LogP contribution in [0.3, 0.4) is 0 Å². The highest BCUT2D eigenvalue weighted by molar-refractivity contribution is 7.22. The Morgan fingerprint density at radius 2 is 2.00 bits per heavy atom. The number of alkyl halides is 3. The predicted octanol–water partition coefficient (Wildman–Crippen LogP) is 2.39. The number of halogens is 4. The van der Waals surface area contributed by atoms with Gasteiger partial charge in [-0.2, -0.15) is 17.6 Å². The number of ketones is 1. The van der Waals surface area contributed by atoms with Crippen LogP contribution in [0.5, 0.6) is 0 Å². The molecule has 0 saturated carbocycles. The van der Waals surface area contributed by atoms with E-state index >= 15 is 0 Å². The van der Waals surface area contributed by atoms with E-state index in [0.717, 1.165) is 17.4 Å². The second-order valence-corrected chi connectivity index (χ2v) is 6.37. The first-order chi connectivity index (χ1) is 12.1. The standard InChI is InChI=1S/C15H9F4N3O3S/c1-6-10-12(24)21-14(25)22(5-8(23)15(17,18)19)13(10)26-11(6)7-2-3-9(16)20-4-7/h2-4H,5H2,1H3,(H,21,24,25). The maximum atomic E-state index is 13.0. The van der Waals surface area contributed by atoms with Crippen LogP contribution in [-0.2, 0) is 11.3 Å². The van der Waals surface area contributed by atoms with Gasteiger partial charge in [0, 0.05) is 16.6 Å². The zero-order valence-corrected chi connectivity index (χ0v) is 13.8. The average molecular weight is 387 g/mol. The first-order valence-electron chi connectivity index (χ1n) is 7.07. The molecule has 3 aromatic heterocycles. The summed E-state index contributed by atoms with van der Waals surface area (Å²) in [6.07, 6.45) is -3.91. The van der Waals surface area contributed by atoms with Crippen LogP contribution in [0.1, 0.15) is 5.56 Å². The van der Waals surface area contributed by atoms with Gasteiger partial charge in [0.1, 0.15) is 4.83 Å². The zero-order valence-electron chi connectivity index (χ0n) is 13.0. The summed E-state index contributed by atoms with van der Waals surface area (Å²) in [6.45, 7) is 0.282. The second kappa shape index (κ2) is 6.16. The van der Waals surface area contributed by atoms with Gasteiger partial charge in [-0.3, -0.25) is 19.1 Å². The molecule has 0 fully saturated rings. The molecule has 0 radical (unpaired) electrons. The molecule has 26 heavy (non-hydrogen) atoms. The number of carbonyl (C=O) groups excluding carboxylic acids is 1. The Bertz CT molecular complexity index is 1130. The van der Waals surface area contributed by atoms with Crippen LogP contribution >= 0.6 is 11.3 Å². The molecule has 0 aliphatic rings. The summed E-state index contributed by atoms with van der Waals surface area (Å²) in [5.74, 6) is -2.85. The predicted molar refractivity (Wildman–Crippen MR) is 85.7 cm³/mol. The molecule has 0 aromatic carbocycles. The minimum absolute atomic E-state index is 0.0103. The number of rotatable bonds is 3. The number of fused-ring (bicyclic) bond motifs is 1. The number of aromatic amines is 1. The number of hydrogen-bond acceptors (Lipinski definition) is 5. The Kier molecular flexibility index (Phi) is 4.26. The lowest BCUT2D eigenvalue weighted by molar-refractivity contribution is -0.171. The number of aryl methyl sites for hydroxylation is 1. The molecule has 0 saturated heterocycles. The fourth-order valence-corrected chi connectivity index (χ4v) is 3.73. The maximum absolute atomic E-state index is 13.0. The van der Waals surface area contributed by atoms with Crippen molar-refractivity contribution < 1.29 is 22.4 Å². The largest absolute Gasteiger partial charge is 0.451 e. The number of nitrogens with one attached hydrogen (secondary N) is 1. The summed E-state index contributed by atoms with van der Waals surface area (Å²) in [7, 11) is 0. The number of thiophene rings is 1. The van der Waals surface area contributed by atoms with Crippen molar-refractivity contribution in [2.45, 2.75) is 19.6 Å². The smallest absolute Gasteiger partial charge is 0.288 e. The third-order valence-corrected chi connectivity index (χ3v) is 5.04. The molecular formula is C15H9F4N3O3S. The van der Waals surface area contributed by atoms with Crippen LogP contribution in [0, 0.1) is 12.9 Å². The van der Waals surface area contributed by atoms with Crippen molar-refractivity contribution in [1.29, 1.82) is 0 Å². The van der Waals surface area contributed by atoms with Crippen molar-refractivity contribution in [1.82, 2.24) is 14.5 Å². The van der Waals surface area contributed by atoms with Gasteiger partial charge in [-0.15, -0.1) is 11.3 Å². The van der Waals surface area contributed by atoms with E-state index in [1.807, 2.05) is 4.98 Å². The van der Waals surface area contributed by atoms with Gasteiger partial charge in [-0.25, -0.2) is 9.78 Å². The fraction of sp³-hybridized carbons (Fsp3) is 0.200. The highest BCUT2D eigenvalue weighted by atomic mass is 32.1. The molecule has 0 amide bonds. The number of nitrogens with zero attached hydrogens (tertiary/aromatic N) is 2. The monoisotopic (exact) mass is 387 g/mol. The molecule has 0 atom stereocenters. The Morgan fingerprint density at radius 1 is 1.31 bits per heavy atom.